The van der Waals surface area contributed by atoms with E-state index < -0.39 is 16.8 Å². The molecule has 0 saturated carbocycles. The first-order valence-electron chi connectivity index (χ1n) is 5.82. The van der Waals surface area contributed by atoms with Gasteiger partial charge >= 0.3 is 5.97 Å². The Hall–Kier alpha value is -0.790. The van der Waals surface area contributed by atoms with Crippen LogP contribution in [0.25, 0.3) is 0 Å². The highest BCUT2D eigenvalue weighted by molar-refractivity contribution is 8.01. The summed E-state index contributed by atoms with van der Waals surface area (Å²) in [5.41, 5.74) is 5.59. The summed E-state index contributed by atoms with van der Waals surface area (Å²) in [6.45, 7) is 5.81. The van der Waals surface area contributed by atoms with Crippen LogP contribution in [0.5, 0.6) is 0 Å². The van der Waals surface area contributed by atoms with E-state index in [0.29, 0.717) is 26.3 Å². The first kappa shape index (κ1) is 15.3. The van der Waals surface area contributed by atoms with E-state index in [1.54, 1.807) is 18.7 Å². The molecule has 0 spiro atoms. The molecule has 18 heavy (non-hydrogen) atoms. The van der Waals surface area contributed by atoms with Crippen LogP contribution < -0.4 is 5.73 Å². The van der Waals surface area contributed by atoms with Crippen LogP contribution in [0.4, 0.5) is 0 Å². The lowest BCUT2D eigenvalue weighted by Crippen LogP contribution is -2.48. The van der Waals surface area contributed by atoms with Crippen LogP contribution in [0.3, 0.4) is 0 Å². The molecule has 0 aliphatic carbocycles. The fraction of sp³-hybridized carbons (Fsp3) is 0.818. The Morgan fingerprint density at radius 2 is 2.00 bits per heavy atom. The molecule has 7 heteroatoms. The number of carbonyl (C=O) groups is 2. The number of hydrogen-bond donors (Lipinski definition) is 2. The van der Waals surface area contributed by atoms with E-state index in [-0.39, 0.29) is 11.7 Å². The standard InChI is InChI=1S/C11H20N2O4S/c1-11(2,9(12)10(15)16)18-7-8(14)13-3-5-17-6-4-13/h9H,3-7,12H2,1-2H3,(H,15,16)/t9-/m1/s1. The van der Waals surface area contributed by atoms with E-state index in [9.17, 15) is 9.59 Å². The van der Waals surface area contributed by atoms with Gasteiger partial charge in [-0.25, -0.2) is 0 Å². The maximum atomic E-state index is 11.9. The molecule has 1 saturated heterocycles. The average molecular weight is 276 g/mol. The quantitative estimate of drug-likeness (QED) is 0.720. The predicted molar refractivity (Wildman–Crippen MR) is 69.5 cm³/mol. The second-order valence-electron chi connectivity index (χ2n) is 4.70. The Morgan fingerprint density at radius 1 is 1.44 bits per heavy atom. The molecule has 1 fully saturated rings. The van der Waals surface area contributed by atoms with Crippen molar-refractivity contribution in [2.24, 2.45) is 5.73 Å². The molecule has 1 heterocycles. The summed E-state index contributed by atoms with van der Waals surface area (Å²) in [7, 11) is 0. The summed E-state index contributed by atoms with van der Waals surface area (Å²) < 4.78 is 4.49. The Morgan fingerprint density at radius 3 is 2.50 bits per heavy atom. The molecule has 0 unspecified atom stereocenters. The molecule has 104 valence electrons. The van der Waals surface area contributed by atoms with Gasteiger partial charge in [-0.3, -0.25) is 9.59 Å². The SMILES string of the molecule is CC(C)(SCC(=O)N1CCOCC1)[C@H](N)C(=O)O. The van der Waals surface area contributed by atoms with E-state index in [1.165, 1.54) is 11.8 Å². The fourth-order valence-electron chi connectivity index (χ4n) is 1.54. The van der Waals surface area contributed by atoms with Gasteiger partial charge in [0.1, 0.15) is 6.04 Å². The third-order valence-electron chi connectivity index (χ3n) is 2.95. The number of ether oxygens (including phenoxy) is 1. The number of aliphatic carboxylic acids is 1. The van der Waals surface area contributed by atoms with E-state index >= 15 is 0 Å². The van der Waals surface area contributed by atoms with E-state index in [0.717, 1.165) is 0 Å². The van der Waals surface area contributed by atoms with Crippen molar-refractivity contribution in [2.45, 2.75) is 24.6 Å². The molecule has 1 aliphatic rings. The summed E-state index contributed by atoms with van der Waals surface area (Å²) in [5.74, 6) is -0.797. The number of nitrogens with two attached hydrogens (primary N) is 1. The van der Waals surface area contributed by atoms with Crippen molar-refractivity contribution in [3.63, 3.8) is 0 Å². The molecule has 1 atom stereocenters. The minimum atomic E-state index is -1.05. The van der Waals surface area contributed by atoms with Crippen LogP contribution in [0.2, 0.25) is 0 Å². The summed E-state index contributed by atoms with van der Waals surface area (Å²) >= 11 is 1.28. The zero-order valence-electron chi connectivity index (χ0n) is 10.7. The van der Waals surface area contributed by atoms with Gasteiger partial charge in [-0.15, -0.1) is 11.8 Å². The molecular formula is C11H20N2O4S. The van der Waals surface area contributed by atoms with Gasteiger partial charge < -0.3 is 20.5 Å². The summed E-state index contributed by atoms with van der Waals surface area (Å²) in [6.07, 6.45) is 0. The molecule has 3 N–H and O–H groups in total. The van der Waals surface area contributed by atoms with E-state index in [2.05, 4.69) is 0 Å². The van der Waals surface area contributed by atoms with Gasteiger partial charge in [-0.2, -0.15) is 0 Å². The topological polar surface area (TPSA) is 92.9 Å². The molecule has 0 aromatic heterocycles. The third kappa shape index (κ3) is 4.15. The van der Waals surface area contributed by atoms with Crippen molar-refractivity contribution in [1.82, 2.24) is 4.90 Å². The van der Waals surface area contributed by atoms with Crippen molar-refractivity contribution >= 4 is 23.6 Å². The zero-order valence-corrected chi connectivity index (χ0v) is 11.5. The zero-order chi connectivity index (χ0) is 13.8. The van der Waals surface area contributed by atoms with Crippen LogP contribution in [0, 0.1) is 0 Å². The van der Waals surface area contributed by atoms with E-state index in [4.69, 9.17) is 15.6 Å². The van der Waals surface area contributed by atoms with Gasteiger partial charge in [0, 0.05) is 17.8 Å². The van der Waals surface area contributed by atoms with Crippen LogP contribution in [-0.4, -0.2) is 64.7 Å². The first-order valence-corrected chi connectivity index (χ1v) is 6.81. The number of nitrogens with zero attached hydrogens (tertiary/aromatic N) is 1. The average Bonchev–Trinajstić information content (AvgIpc) is 2.36. The largest absolute Gasteiger partial charge is 0.480 e. The molecular weight excluding hydrogens is 256 g/mol. The smallest absolute Gasteiger partial charge is 0.321 e. The lowest BCUT2D eigenvalue weighted by molar-refractivity contribution is -0.139. The van der Waals surface area contributed by atoms with Crippen molar-refractivity contribution < 1.29 is 19.4 Å². The van der Waals surface area contributed by atoms with Gasteiger partial charge in [0.15, 0.2) is 0 Å². The molecule has 1 aliphatic heterocycles. The lowest BCUT2D eigenvalue weighted by atomic mass is 10.1. The second-order valence-corrected chi connectivity index (χ2v) is 6.33. The van der Waals surface area contributed by atoms with Crippen molar-refractivity contribution in [3.8, 4) is 0 Å². The highest BCUT2D eigenvalue weighted by atomic mass is 32.2. The number of thioether (sulfide) groups is 1. The van der Waals surface area contributed by atoms with Crippen LogP contribution in [0.15, 0.2) is 0 Å². The molecule has 1 amide bonds. The monoisotopic (exact) mass is 276 g/mol. The van der Waals surface area contributed by atoms with Gasteiger partial charge in [0.2, 0.25) is 5.91 Å². The minimum Gasteiger partial charge on any atom is -0.480 e. The van der Waals surface area contributed by atoms with Crippen LogP contribution in [0.1, 0.15) is 13.8 Å². The number of carboxylic acid groups (broad SMARTS) is 1. The second kappa shape index (κ2) is 6.40. The third-order valence-corrected chi connectivity index (χ3v) is 4.34. The molecule has 6 nitrogen and oxygen atoms in total. The molecule has 0 aromatic carbocycles. The number of hydrogen-bond acceptors (Lipinski definition) is 5. The molecule has 0 bridgehead atoms. The van der Waals surface area contributed by atoms with Gasteiger partial charge in [0.25, 0.3) is 0 Å². The highest BCUT2D eigenvalue weighted by Crippen LogP contribution is 2.27. The lowest BCUT2D eigenvalue weighted by Gasteiger charge is -2.30. The van der Waals surface area contributed by atoms with Crippen molar-refractivity contribution in [2.75, 3.05) is 32.1 Å². The number of rotatable bonds is 5. The number of morpholine rings is 1. The maximum absolute atomic E-state index is 11.9. The molecule has 0 aromatic rings. The summed E-state index contributed by atoms with van der Waals surface area (Å²) in [4.78, 5) is 24.5. The Balaban J connectivity index is 2.43. The van der Waals surface area contributed by atoms with Gasteiger partial charge in [-0.05, 0) is 13.8 Å². The summed E-state index contributed by atoms with van der Waals surface area (Å²) in [5, 5.41) is 8.88. The van der Waals surface area contributed by atoms with Crippen LogP contribution in [-0.2, 0) is 14.3 Å². The summed E-state index contributed by atoms with van der Waals surface area (Å²) in [6, 6.07) is -0.986. The maximum Gasteiger partial charge on any atom is 0.321 e. The normalized spacial score (nSPS) is 18.5. The number of carbonyl (C=O) groups excluding carboxylic acids is 1. The van der Waals surface area contributed by atoms with Gasteiger partial charge in [-0.1, -0.05) is 0 Å². The van der Waals surface area contributed by atoms with Gasteiger partial charge in [0.05, 0.1) is 19.0 Å². The predicted octanol–water partition coefficient (Wildman–Crippen LogP) is -0.231. The highest BCUT2D eigenvalue weighted by Gasteiger charge is 2.33. The Kier molecular flexibility index (Phi) is 5.43. The number of amides is 1. The van der Waals surface area contributed by atoms with Crippen LogP contribution >= 0.6 is 11.8 Å². The Labute approximate surface area is 111 Å². The van der Waals surface area contributed by atoms with E-state index in [1.807, 2.05) is 0 Å². The molecule has 1 rings (SSSR count). The first-order chi connectivity index (χ1) is 8.34. The fourth-order valence-corrected chi connectivity index (χ4v) is 2.50. The Bertz CT molecular complexity index is 316. The molecule has 0 radical (unpaired) electrons. The minimum absolute atomic E-state index is 0.00830. The van der Waals surface area contributed by atoms with Crippen molar-refractivity contribution in [3.05, 3.63) is 0 Å². The number of carboxylic acids is 1. The van der Waals surface area contributed by atoms with Crippen molar-refractivity contribution in [1.29, 1.82) is 0 Å².